The number of carbonyl (C=O) groups is 1. The molecule has 0 aliphatic heterocycles. The summed E-state index contributed by atoms with van der Waals surface area (Å²) in [6, 6.07) is 2.91. The predicted molar refractivity (Wildman–Crippen MR) is 74.7 cm³/mol. The molecule has 10 heteroatoms. The third-order valence-electron chi connectivity index (χ3n) is 2.70. The van der Waals surface area contributed by atoms with Gasteiger partial charge in [-0.3, -0.25) is 14.9 Å². The molecule has 2 N–H and O–H groups in total. The first-order valence-electron chi connectivity index (χ1n) is 5.64. The van der Waals surface area contributed by atoms with Crippen LogP contribution in [-0.2, 0) is 14.8 Å². The van der Waals surface area contributed by atoms with Crippen LogP contribution in [0.25, 0.3) is 0 Å². The smallest absolute Gasteiger partial charge is 0.310 e. The molecular weight excluding hydrogens is 324 g/mol. The second-order valence-corrected chi connectivity index (χ2v) is 7.03. The Balaban J connectivity index is 3.04. The number of nitrogens with one attached hydrogen (secondary N) is 1. The van der Waals surface area contributed by atoms with E-state index in [1.165, 1.54) is 13.8 Å². The number of nitrogens with zero attached hydrogens (tertiary/aromatic N) is 1. The standard InChI is InChI=1S/C11H13ClN2O6S/c1-11(2,10(15)16)6-13-21(19,20)9-4-3-7(14(17)18)5-8(9)12/h3-5,13H,6H2,1-2H3,(H,15,16). The van der Waals surface area contributed by atoms with Gasteiger partial charge in [0.1, 0.15) is 4.90 Å². The molecule has 1 aromatic rings. The molecule has 0 aliphatic carbocycles. The monoisotopic (exact) mass is 336 g/mol. The summed E-state index contributed by atoms with van der Waals surface area (Å²) < 4.78 is 26.2. The van der Waals surface area contributed by atoms with Crippen LogP contribution in [0.2, 0.25) is 5.02 Å². The average Bonchev–Trinajstić information content (AvgIpc) is 2.36. The lowest BCUT2D eigenvalue weighted by Gasteiger charge is -2.19. The number of halogens is 1. The minimum Gasteiger partial charge on any atom is -0.481 e. The predicted octanol–water partition coefficient (Wildman–Crippen LogP) is 1.64. The van der Waals surface area contributed by atoms with Crippen LogP contribution in [0.3, 0.4) is 0 Å². The van der Waals surface area contributed by atoms with Crippen LogP contribution in [0.4, 0.5) is 5.69 Å². The SMILES string of the molecule is CC(C)(CNS(=O)(=O)c1ccc([N+](=O)[O-])cc1Cl)C(=O)O. The molecule has 0 saturated carbocycles. The van der Waals surface area contributed by atoms with Crippen LogP contribution in [0.1, 0.15) is 13.8 Å². The molecule has 0 heterocycles. The first-order valence-corrected chi connectivity index (χ1v) is 7.50. The number of rotatable bonds is 6. The average molecular weight is 337 g/mol. The fourth-order valence-corrected chi connectivity index (χ4v) is 3.00. The van der Waals surface area contributed by atoms with E-state index in [0.29, 0.717) is 0 Å². The van der Waals surface area contributed by atoms with Crippen molar-refractivity contribution in [2.24, 2.45) is 5.41 Å². The van der Waals surface area contributed by atoms with Gasteiger partial charge in [0, 0.05) is 18.7 Å². The largest absolute Gasteiger partial charge is 0.481 e. The Labute approximate surface area is 125 Å². The molecule has 21 heavy (non-hydrogen) atoms. The number of aliphatic carboxylic acids is 1. The number of carboxylic acids is 1. The van der Waals surface area contributed by atoms with E-state index >= 15 is 0 Å². The maximum absolute atomic E-state index is 12.0. The first kappa shape index (κ1) is 17.3. The highest BCUT2D eigenvalue weighted by Crippen LogP contribution is 2.26. The topological polar surface area (TPSA) is 127 Å². The van der Waals surface area contributed by atoms with Crippen molar-refractivity contribution in [2.75, 3.05) is 6.54 Å². The van der Waals surface area contributed by atoms with Crippen LogP contribution in [0.5, 0.6) is 0 Å². The molecule has 8 nitrogen and oxygen atoms in total. The van der Waals surface area contributed by atoms with Crippen LogP contribution in [0.15, 0.2) is 23.1 Å². The van der Waals surface area contributed by atoms with Crippen LogP contribution < -0.4 is 4.72 Å². The molecule has 116 valence electrons. The summed E-state index contributed by atoms with van der Waals surface area (Å²) >= 11 is 5.73. The summed E-state index contributed by atoms with van der Waals surface area (Å²) in [5.41, 5.74) is -1.65. The van der Waals surface area contributed by atoms with Crippen molar-refractivity contribution < 1.29 is 23.2 Å². The van der Waals surface area contributed by atoms with Gasteiger partial charge in [-0.2, -0.15) is 0 Å². The highest BCUT2D eigenvalue weighted by molar-refractivity contribution is 7.89. The zero-order valence-corrected chi connectivity index (χ0v) is 12.7. The molecular formula is C11H13ClN2O6S. The molecule has 0 amide bonds. The van der Waals surface area contributed by atoms with Crippen molar-refractivity contribution in [3.63, 3.8) is 0 Å². The maximum atomic E-state index is 12.0. The maximum Gasteiger partial charge on any atom is 0.310 e. The number of non-ortho nitro benzene ring substituents is 1. The molecule has 0 aromatic heterocycles. The Morgan fingerprint density at radius 3 is 2.48 bits per heavy atom. The molecule has 0 radical (unpaired) electrons. The van der Waals surface area contributed by atoms with Crippen LogP contribution in [-0.4, -0.2) is 31.0 Å². The number of nitro benzene ring substituents is 1. The van der Waals surface area contributed by atoms with Gasteiger partial charge in [0.2, 0.25) is 10.0 Å². The van der Waals surface area contributed by atoms with Gasteiger partial charge in [-0.15, -0.1) is 0 Å². The first-order chi connectivity index (χ1) is 9.47. The third kappa shape index (κ3) is 4.13. The van der Waals surface area contributed by atoms with E-state index in [1.807, 2.05) is 0 Å². The number of benzene rings is 1. The lowest BCUT2D eigenvalue weighted by molar-refractivity contribution is -0.384. The Morgan fingerprint density at radius 1 is 1.48 bits per heavy atom. The normalized spacial score (nSPS) is 12.1. The fourth-order valence-electron chi connectivity index (χ4n) is 1.25. The molecule has 0 fully saturated rings. The summed E-state index contributed by atoms with van der Waals surface area (Å²) in [6.07, 6.45) is 0. The van der Waals surface area contributed by atoms with E-state index in [-0.39, 0.29) is 22.2 Å². The molecule has 0 saturated heterocycles. The lowest BCUT2D eigenvalue weighted by atomic mass is 9.95. The fraction of sp³-hybridized carbons (Fsp3) is 0.364. The minimum atomic E-state index is -4.07. The van der Waals surface area contributed by atoms with E-state index in [9.17, 15) is 23.3 Å². The molecule has 0 spiro atoms. The van der Waals surface area contributed by atoms with Crippen molar-refractivity contribution in [1.29, 1.82) is 0 Å². The molecule has 0 atom stereocenters. The summed E-state index contributed by atoms with van der Waals surface area (Å²) in [5.74, 6) is -1.17. The van der Waals surface area contributed by atoms with E-state index in [2.05, 4.69) is 4.72 Å². The summed E-state index contributed by atoms with van der Waals surface area (Å²) in [7, 11) is -4.07. The van der Waals surface area contributed by atoms with Crippen LogP contribution in [0, 0.1) is 15.5 Å². The van der Waals surface area contributed by atoms with Gasteiger partial charge in [-0.05, 0) is 19.9 Å². The number of sulfonamides is 1. The summed E-state index contributed by atoms with van der Waals surface area (Å²) in [4.78, 5) is 20.4. The van der Waals surface area contributed by atoms with Crippen molar-refractivity contribution in [3.05, 3.63) is 33.3 Å². The van der Waals surface area contributed by atoms with Crippen molar-refractivity contribution in [1.82, 2.24) is 4.72 Å². The van der Waals surface area contributed by atoms with Gasteiger partial charge in [0.25, 0.3) is 5.69 Å². The van der Waals surface area contributed by atoms with Crippen molar-refractivity contribution >= 4 is 33.3 Å². The van der Waals surface area contributed by atoms with Gasteiger partial charge in [0.05, 0.1) is 15.4 Å². The Hall–Kier alpha value is -1.71. The Morgan fingerprint density at radius 2 is 2.05 bits per heavy atom. The number of hydrogen-bond acceptors (Lipinski definition) is 5. The second kappa shape index (κ2) is 5.96. The van der Waals surface area contributed by atoms with Gasteiger partial charge < -0.3 is 5.11 Å². The summed E-state index contributed by atoms with van der Waals surface area (Å²) in [5, 5.41) is 19.2. The Bertz CT molecular complexity index is 686. The quantitative estimate of drug-likeness (QED) is 0.600. The van der Waals surface area contributed by atoms with Gasteiger partial charge in [0.15, 0.2) is 0 Å². The summed E-state index contributed by atoms with van der Waals surface area (Å²) in [6.45, 7) is 2.36. The van der Waals surface area contributed by atoms with E-state index < -0.39 is 26.3 Å². The number of hydrogen-bond donors (Lipinski definition) is 2. The third-order valence-corrected chi connectivity index (χ3v) is 4.58. The van der Waals surface area contributed by atoms with Crippen LogP contribution >= 0.6 is 11.6 Å². The van der Waals surface area contributed by atoms with Gasteiger partial charge >= 0.3 is 5.97 Å². The zero-order chi connectivity index (χ0) is 16.4. The van der Waals surface area contributed by atoms with E-state index in [1.54, 1.807) is 0 Å². The van der Waals surface area contributed by atoms with Crippen molar-refractivity contribution in [3.8, 4) is 0 Å². The van der Waals surface area contributed by atoms with E-state index in [4.69, 9.17) is 16.7 Å². The molecule has 0 aliphatic rings. The minimum absolute atomic E-state index is 0.315. The second-order valence-electron chi connectivity index (χ2n) is 4.89. The van der Waals surface area contributed by atoms with Gasteiger partial charge in [-0.1, -0.05) is 11.6 Å². The van der Waals surface area contributed by atoms with Gasteiger partial charge in [-0.25, -0.2) is 13.1 Å². The molecule has 1 rings (SSSR count). The van der Waals surface area contributed by atoms with Crippen molar-refractivity contribution in [2.45, 2.75) is 18.7 Å². The molecule has 0 bridgehead atoms. The zero-order valence-electron chi connectivity index (χ0n) is 11.2. The number of carboxylic acid groups (broad SMARTS) is 1. The lowest BCUT2D eigenvalue weighted by Crippen LogP contribution is -2.38. The molecule has 0 unspecified atom stereocenters. The molecule has 1 aromatic carbocycles. The highest BCUT2D eigenvalue weighted by atomic mass is 35.5. The van der Waals surface area contributed by atoms with E-state index in [0.717, 1.165) is 18.2 Å². The Kier molecular flexibility index (Phi) is 4.92. The highest BCUT2D eigenvalue weighted by Gasteiger charge is 2.30. The number of nitro groups is 1.